The summed E-state index contributed by atoms with van der Waals surface area (Å²) in [5.41, 5.74) is -0.567. The average Bonchev–Trinajstić information content (AvgIpc) is 2.61. The Morgan fingerprint density at radius 1 is 1.41 bits per heavy atom. The van der Waals surface area contributed by atoms with Crippen LogP contribution in [0.3, 0.4) is 0 Å². The lowest BCUT2D eigenvalue weighted by molar-refractivity contribution is -0.144. The maximum atomic E-state index is 12.1. The number of carbonyl (C=O) groups is 1. The average molecular weight is 264 g/mol. The highest BCUT2D eigenvalue weighted by molar-refractivity contribution is 7.87. The summed E-state index contributed by atoms with van der Waals surface area (Å²) >= 11 is 0. The molecule has 1 fully saturated rings. The van der Waals surface area contributed by atoms with Gasteiger partial charge in [0.05, 0.1) is 7.11 Å². The standard InChI is InChI=1S/C10H20N2O4S/c1-10(2,3)11-17(14,15)12-7-5-6-8(12)9(13)16-4/h8,11H,5-7H2,1-4H3. The van der Waals surface area contributed by atoms with Gasteiger partial charge < -0.3 is 4.74 Å². The molecule has 100 valence electrons. The minimum atomic E-state index is -3.64. The minimum Gasteiger partial charge on any atom is -0.468 e. The molecule has 0 spiro atoms. The third-order valence-electron chi connectivity index (χ3n) is 2.42. The number of nitrogens with zero attached hydrogens (tertiary/aromatic N) is 1. The van der Waals surface area contributed by atoms with Crippen molar-refractivity contribution in [1.82, 2.24) is 9.03 Å². The van der Waals surface area contributed by atoms with Gasteiger partial charge in [-0.2, -0.15) is 17.4 Å². The number of rotatable bonds is 3. The van der Waals surface area contributed by atoms with Gasteiger partial charge in [0.15, 0.2) is 0 Å². The highest BCUT2D eigenvalue weighted by Crippen LogP contribution is 2.22. The molecule has 1 atom stereocenters. The number of hydrogen-bond acceptors (Lipinski definition) is 4. The number of ether oxygens (including phenoxy) is 1. The van der Waals surface area contributed by atoms with E-state index in [-0.39, 0.29) is 0 Å². The SMILES string of the molecule is COC(=O)C1CCCN1S(=O)(=O)NC(C)(C)C. The first-order chi connectivity index (χ1) is 7.67. The van der Waals surface area contributed by atoms with E-state index in [1.165, 1.54) is 11.4 Å². The second-order valence-corrected chi connectivity index (χ2v) is 6.77. The molecule has 6 nitrogen and oxygen atoms in total. The van der Waals surface area contributed by atoms with Crippen molar-refractivity contribution in [3.05, 3.63) is 0 Å². The zero-order chi connectivity index (χ0) is 13.3. The molecule has 0 saturated carbocycles. The Morgan fingerprint density at radius 2 is 2.00 bits per heavy atom. The predicted octanol–water partition coefficient (Wildman–Crippen LogP) is 0.257. The quantitative estimate of drug-likeness (QED) is 0.742. The van der Waals surface area contributed by atoms with E-state index < -0.39 is 27.8 Å². The predicted molar refractivity (Wildman–Crippen MR) is 63.6 cm³/mol. The van der Waals surface area contributed by atoms with Crippen molar-refractivity contribution >= 4 is 16.2 Å². The van der Waals surface area contributed by atoms with Gasteiger partial charge in [0, 0.05) is 12.1 Å². The van der Waals surface area contributed by atoms with Gasteiger partial charge in [-0.3, -0.25) is 4.79 Å². The van der Waals surface area contributed by atoms with E-state index in [9.17, 15) is 13.2 Å². The van der Waals surface area contributed by atoms with E-state index in [0.717, 1.165) is 0 Å². The maximum Gasteiger partial charge on any atom is 0.324 e. The van der Waals surface area contributed by atoms with Crippen LogP contribution in [0.5, 0.6) is 0 Å². The van der Waals surface area contributed by atoms with Crippen molar-refractivity contribution in [1.29, 1.82) is 0 Å². The van der Waals surface area contributed by atoms with Crippen molar-refractivity contribution < 1.29 is 17.9 Å². The zero-order valence-electron chi connectivity index (χ0n) is 10.7. The van der Waals surface area contributed by atoms with E-state index in [0.29, 0.717) is 19.4 Å². The van der Waals surface area contributed by atoms with Crippen molar-refractivity contribution in [3.8, 4) is 0 Å². The van der Waals surface area contributed by atoms with Crippen LogP contribution < -0.4 is 4.72 Å². The van der Waals surface area contributed by atoms with Gasteiger partial charge in [-0.05, 0) is 33.6 Å². The zero-order valence-corrected chi connectivity index (χ0v) is 11.5. The van der Waals surface area contributed by atoms with Crippen LogP contribution in [-0.4, -0.2) is 43.9 Å². The molecule has 1 aliphatic heterocycles. The Bertz CT molecular complexity index is 386. The maximum absolute atomic E-state index is 12.1. The lowest BCUT2D eigenvalue weighted by Gasteiger charge is -2.27. The van der Waals surface area contributed by atoms with E-state index in [1.807, 2.05) is 0 Å². The first-order valence-electron chi connectivity index (χ1n) is 5.56. The molecule has 0 aromatic heterocycles. The molecule has 1 unspecified atom stereocenters. The summed E-state index contributed by atoms with van der Waals surface area (Å²) in [4.78, 5) is 11.5. The van der Waals surface area contributed by atoms with Crippen LogP contribution in [0.4, 0.5) is 0 Å². The van der Waals surface area contributed by atoms with E-state index in [1.54, 1.807) is 20.8 Å². The monoisotopic (exact) mass is 264 g/mol. The van der Waals surface area contributed by atoms with Crippen LogP contribution in [0.25, 0.3) is 0 Å². The largest absolute Gasteiger partial charge is 0.468 e. The Hall–Kier alpha value is -0.660. The molecule has 0 aromatic rings. The number of methoxy groups -OCH3 is 1. The number of carbonyl (C=O) groups excluding carboxylic acids is 1. The molecule has 0 amide bonds. The number of esters is 1. The third-order valence-corrected chi connectivity index (χ3v) is 4.35. The lowest BCUT2D eigenvalue weighted by atomic mass is 10.1. The Balaban J connectivity index is 2.87. The second-order valence-electron chi connectivity index (χ2n) is 5.15. The highest BCUT2D eigenvalue weighted by atomic mass is 32.2. The lowest BCUT2D eigenvalue weighted by Crippen LogP contribution is -2.52. The number of nitrogens with one attached hydrogen (secondary N) is 1. The Morgan fingerprint density at radius 3 is 2.47 bits per heavy atom. The van der Waals surface area contributed by atoms with Crippen LogP contribution in [-0.2, 0) is 19.7 Å². The van der Waals surface area contributed by atoms with Crippen LogP contribution in [0.15, 0.2) is 0 Å². The van der Waals surface area contributed by atoms with Gasteiger partial charge >= 0.3 is 5.97 Å². The normalized spacial score (nSPS) is 22.7. The summed E-state index contributed by atoms with van der Waals surface area (Å²) in [6.45, 7) is 5.63. The van der Waals surface area contributed by atoms with Crippen molar-refractivity contribution in [2.45, 2.75) is 45.2 Å². The summed E-state index contributed by atoms with van der Waals surface area (Å²) in [5, 5.41) is 0. The molecular formula is C10H20N2O4S. The van der Waals surface area contributed by atoms with Gasteiger partial charge in [0.2, 0.25) is 0 Å². The smallest absolute Gasteiger partial charge is 0.324 e. The van der Waals surface area contributed by atoms with Gasteiger partial charge in [-0.1, -0.05) is 0 Å². The van der Waals surface area contributed by atoms with Crippen molar-refractivity contribution in [3.63, 3.8) is 0 Å². The molecule has 1 N–H and O–H groups in total. The van der Waals surface area contributed by atoms with E-state index in [4.69, 9.17) is 0 Å². The molecule has 0 aromatic carbocycles. The van der Waals surface area contributed by atoms with Crippen LogP contribution in [0.2, 0.25) is 0 Å². The van der Waals surface area contributed by atoms with E-state index >= 15 is 0 Å². The summed E-state index contributed by atoms with van der Waals surface area (Å²) in [5.74, 6) is -0.498. The molecule has 1 saturated heterocycles. The number of hydrogen-bond donors (Lipinski definition) is 1. The second kappa shape index (κ2) is 4.91. The first-order valence-corrected chi connectivity index (χ1v) is 7.00. The minimum absolute atomic E-state index is 0.352. The van der Waals surface area contributed by atoms with Crippen LogP contribution >= 0.6 is 0 Å². The van der Waals surface area contributed by atoms with Crippen molar-refractivity contribution in [2.24, 2.45) is 0 Å². The molecule has 0 aliphatic carbocycles. The molecule has 7 heteroatoms. The van der Waals surface area contributed by atoms with Crippen LogP contribution in [0.1, 0.15) is 33.6 Å². The first kappa shape index (κ1) is 14.4. The fraction of sp³-hybridized carbons (Fsp3) is 0.900. The summed E-state index contributed by atoms with van der Waals surface area (Å²) in [7, 11) is -2.37. The Kier molecular flexibility index (Phi) is 4.16. The van der Waals surface area contributed by atoms with Crippen molar-refractivity contribution in [2.75, 3.05) is 13.7 Å². The fourth-order valence-corrected chi connectivity index (χ4v) is 3.63. The van der Waals surface area contributed by atoms with Crippen LogP contribution in [0, 0.1) is 0 Å². The molecule has 1 aliphatic rings. The highest BCUT2D eigenvalue weighted by Gasteiger charge is 2.40. The van der Waals surface area contributed by atoms with Gasteiger partial charge in [0.25, 0.3) is 10.2 Å². The van der Waals surface area contributed by atoms with Gasteiger partial charge in [0.1, 0.15) is 6.04 Å². The van der Waals surface area contributed by atoms with E-state index in [2.05, 4.69) is 9.46 Å². The van der Waals surface area contributed by atoms with Gasteiger partial charge in [-0.15, -0.1) is 0 Å². The summed E-state index contributed by atoms with van der Waals surface area (Å²) < 4.78 is 32.5. The molecule has 0 radical (unpaired) electrons. The molecule has 0 bridgehead atoms. The molecular weight excluding hydrogens is 244 g/mol. The molecule has 1 rings (SSSR count). The fourth-order valence-electron chi connectivity index (χ4n) is 1.85. The summed E-state index contributed by atoms with van der Waals surface area (Å²) in [6, 6.07) is -0.695. The Labute approximate surface area is 102 Å². The summed E-state index contributed by atoms with van der Waals surface area (Å²) in [6.07, 6.45) is 1.18. The topological polar surface area (TPSA) is 75.7 Å². The molecule has 1 heterocycles. The third kappa shape index (κ3) is 3.65. The van der Waals surface area contributed by atoms with Gasteiger partial charge in [-0.25, -0.2) is 0 Å². The molecule has 17 heavy (non-hydrogen) atoms.